The Balaban J connectivity index is 1.81. The van der Waals surface area contributed by atoms with Gasteiger partial charge < -0.3 is 11.1 Å². The van der Waals surface area contributed by atoms with Gasteiger partial charge in [-0.3, -0.25) is 4.79 Å². The minimum Gasteiger partial charge on any atom is -0.354 e. The molecule has 2 saturated carbocycles. The van der Waals surface area contributed by atoms with E-state index in [0.29, 0.717) is 25.7 Å². The summed E-state index contributed by atoms with van der Waals surface area (Å²) in [6, 6.07) is 3.96. The van der Waals surface area contributed by atoms with Gasteiger partial charge in [0.15, 0.2) is 0 Å². The van der Waals surface area contributed by atoms with Crippen LogP contribution in [-0.4, -0.2) is 18.0 Å². The van der Waals surface area contributed by atoms with Crippen molar-refractivity contribution in [2.75, 3.05) is 6.54 Å². The molecule has 0 spiro atoms. The summed E-state index contributed by atoms with van der Waals surface area (Å²) in [7, 11) is 0. The largest absolute Gasteiger partial charge is 0.354 e. The van der Waals surface area contributed by atoms with Gasteiger partial charge in [0, 0.05) is 17.5 Å². The van der Waals surface area contributed by atoms with Crippen LogP contribution in [-0.2, 0) is 10.2 Å². The van der Waals surface area contributed by atoms with Crippen molar-refractivity contribution in [1.29, 1.82) is 0 Å². The molecule has 2 aliphatic carbocycles. The van der Waals surface area contributed by atoms with Gasteiger partial charge in [-0.1, -0.05) is 31.7 Å². The Kier molecular flexibility index (Phi) is 4.41. The number of carbonyl (C=O) groups is 1. The van der Waals surface area contributed by atoms with Gasteiger partial charge in [-0.2, -0.15) is 0 Å². The van der Waals surface area contributed by atoms with Gasteiger partial charge in [0.05, 0.1) is 5.54 Å². The topological polar surface area (TPSA) is 55.1 Å². The van der Waals surface area contributed by atoms with Crippen molar-refractivity contribution in [3.63, 3.8) is 0 Å². The summed E-state index contributed by atoms with van der Waals surface area (Å²) in [5.74, 6) is -1.23. The number of amides is 1. The highest BCUT2D eigenvalue weighted by atomic mass is 19.1. The summed E-state index contributed by atoms with van der Waals surface area (Å²) < 4.78 is 28.5. The number of rotatable bonds is 4. The molecule has 0 aliphatic heterocycles. The number of hydrogen-bond acceptors (Lipinski definition) is 2. The number of carbonyl (C=O) groups excluding carboxylic acids is 1. The Morgan fingerprint density at radius 1 is 1.04 bits per heavy atom. The van der Waals surface area contributed by atoms with Gasteiger partial charge >= 0.3 is 0 Å². The smallest absolute Gasteiger partial charge is 0.240 e. The SMILES string of the molecule is NC1(C(=O)NCC2(c3c(F)cccc3F)CCCC2)CCCC1. The second-order valence-corrected chi connectivity index (χ2v) is 7.13. The molecule has 23 heavy (non-hydrogen) atoms. The Morgan fingerprint density at radius 3 is 2.13 bits per heavy atom. The third-order valence-electron chi connectivity index (χ3n) is 5.59. The Morgan fingerprint density at radius 2 is 1.57 bits per heavy atom. The lowest BCUT2D eigenvalue weighted by Gasteiger charge is -2.32. The van der Waals surface area contributed by atoms with Crippen LogP contribution in [0.3, 0.4) is 0 Å². The lowest BCUT2D eigenvalue weighted by atomic mass is 9.78. The van der Waals surface area contributed by atoms with Crippen LogP contribution >= 0.6 is 0 Å². The lowest BCUT2D eigenvalue weighted by molar-refractivity contribution is -0.126. The van der Waals surface area contributed by atoms with Crippen molar-refractivity contribution >= 4 is 5.91 Å². The molecule has 3 rings (SSSR count). The minimum atomic E-state index is -0.812. The molecule has 1 amide bonds. The number of nitrogens with two attached hydrogens (primary N) is 1. The van der Waals surface area contributed by atoms with E-state index in [1.165, 1.54) is 18.2 Å². The van der Waals surface area contributed by atoms with E-state index in [0.717, 1.165) is 25.7 Å². The second kappa shape index (κ2) is 6.19. The quantitative estimate of drug-likeness (QED) is 0.894. The first-order chi connectivity index (χ1) is 11.0. The summed E-state index contributed by atoms with van der Waals surface area (Å²) in [6.07, 6.45) is 6.47. The van der Waals surface area contributed by atoms with Crippen LogP contribution in [0.4, 0.5) is 8.78 Å². The zero-order valence-corrected chi connectivity index (χ0v) is 13.3. The van der Waals surface area contributed by atoms with Crippen molar-refractivity contribution in [3.8, 4) is 0 Å². The van der Waals surface area contributed by atoms with Gasteiger partial charge in [0.2, 0.25) is 5.91 Å². The maximum atomic E-state index is 14.3. The van der Waals surface area contributed by atoms with Crippen LogP contribution in [0.5, 0.6) is 0 Å². The lowest BCUT2D eigenvalue weighted by Crippen LogP contribution is -2.54. The maximum Gasteiger partial charge on any atom is 0.240 e. The van der Waals surface area contributed by atoms with Gasteiger partial charge in [-0.25, -0.2) is 8.78 Å². The fourth-order valence-electron chi connectivity index (χ4n) is 4.23. The zero-order chi connectivity index (χ0) is 16.5. The van der Waals surface area contributed by atoms with Crippen LogP contribution in [0.1, 0.15) is 56.9 Å². The van der Waals surface area contributed by atoms with Crippen LogP contribution in [0, 0.1) is 11.6 Å². The number of hydrogen-bond donors (Lipinski definition) is 2. The molecule has 0 bridgehead atoms. The number of benzene rings is 1. The summed E-state index contributed by atoms with van der Waals surface area (Å²) in [5, 5.41) is 2.90. The molecule has 5 heteroatoms. The van der Waals surface area contributed by atoms with Gasteiger partial charge in [0.1, 0.15) is 11.6 Å². The summed E-state index contributed by atoms with van der Waals surface area (Å²) in [6.45, 7) is 0.253. The molecule has 1 aromatic rings. The molecule has 3 N–H and O–H groups in total. The van der Waals surface area contributed by atoms with Crippen LogP contribution in [0.25, 0.3) is 0 Å². The first-order valence-electron chi connectivity index (χ1n) is 8.49. The molecule has 0 unspecified atom stereocenters. The minimum absolute atomic E-state index is 0.121. The summed E-state index contributed by atoms with van der Waals surface area (Å²) >= 11 is 0. The van der Waals surface area contributed by atoms with Crippen LogP contribution in [0.15, 0.2) is 18.2 Å². The van der Waals surface area contributed by atoms with E-state index in [-0.39, 0.29) is 18.0 Å². The van der Waals surface area contributed by atoms with E-state index in [1.807, 2.05) is 0 Å². The maximum absolute atomic E-state index is 14.3. The van der Waals surface area contributed by atoms with E-state index in [1.54, 1.807) is 0 Å². The Hall–Kier alpha value is -1.49. The molecule has 0 heterocycles. The molecule has 2 fully saturated rings. The van der Waals surface area contributed by atoms with Gasteiger partial charge in [-0.15, -0.1) is 0 Å². The molecule has 2 aliphatic rings. The Labute approximate surface area is 135 Å². The van der Waals surface area contributed by atoms with Crippen molar-refractivity contribution < 1.29 is 13.6 Å². The normalized spacial score (nSPS) is 22.2. The molecule has 1 aromatic carbocycles. The molecule has 0 aromatic heterocycles. The predicted molar refractivity (Wildman–Crippen MR) is 84.9 cm³/mol. The summed E-state index contributed by atoms with van der Waals surface area (Å²) in [5.41, 5.74) is 4.82. The third kappa shape index (κ3) is 2.99. The highest BCUT2D eigenvalue weighted by molar-refractivity contribution is 5.86. The van der Waals surface area contributed by atoms with Crippen molar-refractivity contribution in [2.24, 2.45) is 5.73 Å². The van der Waals surface area contributed by atoms with Crippen molar-refractivity contribution in [1.82, 2.24) is 5.32 Å². The zero-order valence-electron chi connectivity index (χ0n) is 13.3. The predicted octanol–water partition coefficient (Wildman–Crippen LogP) is 3.16. The molecule has 0 radical (unpaired) electrons. The average molecular weight is 322 g/mol. The second-order valence-electron chi connectivity index (χ2n) is 7.13. The third-order valence-corrected chi connectivity index (χ3v) is 5.59. The highest BCUT2D eigenvalue weighted by Crippen LogP contribution is 2.43. The van der Waals surface area contributed by atoms with Crippen LogP contribution < -0.4 is 11.1 Å². The number of nitrogens with one attached hydrogen (secondary N) is 1. The molecule has 0 saturated heterocycles. The van der Waals surface area contributed by atoms with E-state index in [4.69, 9.17) is 5.73 Å². The first-order valence-corrected chi connectivity index (χ1v) is 8.49. The molecule has 126 valence electrons. The summed E-state index contributed by atoms with van der Waals surface area (Å²) in [4.78, 5) is 12.4. The van der Waals surface area contributed by atoms with E-state index < -0.39 is 22.6 Å². The van der Waals surface area contributed by atoms with Crippen molar-refractivity contribution in [2.45, 2.75) is 62.3 Å². The van der Waals surface area contributed by atoms with E-state index in [9.17, 15) is 13.6 Å². The standard InChI is InChI=1S/C18H24F2N2O/c19-13-6-5-7-14(20)15(13)17(8-1-2-9-17)12-22-16(23)18(21)10-3-4-11-18/h5-7H,1-4,8-12,21H2,(H,22,23). The molecular formula is C18H24F2N2O. The van der Waals surface area contributed by atoms with Gasteiger partial charge in [0.25, 0.3) is 0 Å². The molecular weight excluding hydrogens is 298 g/mol. The van der Waals surface area contributed by atoms with E-state index in [2.05, 4.69) is 5.32 Å². The van der Waals surface area contributed by atoms with Crippen LogP contribution in [0.2, 0.25) is 0 Å². The highest BCUT2D eigenvalue weighted by Gasteiger charge is 2.42. The van der Waals surface area contributed by atoms with Crippen molar-refractivity contribution in [3.05, 3.63) is 35.4 Å². The average Bonchev–Trinajstić information content (AvgIpc) is 3.15. The first kappa shape index (κ1) is 16.4. The monoisotopic (exact) mass is 322 g/mol. The fraction of sp³-hybridized carbons (Fsp3) is 0.611. The molecule has 3 nitrogen and oxygen atoms in total. The van der Waals surface area contributed by atoms with E-state index >= 15 is 0 Å². The number of halogens is 2. The van der Waals surface area contributed by atoms with Gasteiger partial charge in [-0.05, 0) is 37.8 Å². The Bertz CT molecular complexity index is 570. The molecule has 0 atom stereocenters. The fourth-order valence-corrected chi connectivity index (χ4v) is 4.23.